The van der Waals surface area contributed by atoms with Crippen LogP contribution in [0.1, 0.15) is 25.6 Å². The van der Waals surface area contributed by atoms with E-state index in [1.165, 1.54) is 24.3 Å². The Kier molecular flexibility index (Phi) is 6.98. The number of benzene rings is 1. The molecule has 1 aliphatic heterocycles. The number of amides is 1. The molecular formula is C23H27BrN8O5. The summed E-state index contributed by atoms with van der Waals surface area (Å²) < 4.78 is 13.9. The van der Waals surface area contributed by atoms with Gasteiger partial charge in [-0.15, -0.1) is 0 Å². The van der Waals surface area contributed by atoms with Crippen LogP contribution in [-0.4, -0.2) is 79.1 Å². The number of oxazole rings is 1. The third kappa shape index (κ3) is 4.50. The summed E-state index contributed by atoms with van der Waals surface area (Å²) in [4.78, 5) is 31.7. The summed E-state index contributed by atoms with van der Waals surface area (Å²) in [5.74, 6) is -0.0604. The maximum Gasteiger partial charge on any atom is 0.298 e. The van der Waals surface area contributed by atoms with Crippen molar-refractivity contribution in [3.63, 3.8) is 0 Å². The van der Waals surface area contributed by atoms with Gasteiger partial charge in [-0.3, -0.25) is 9.36 Å². The van der Waals surface area contributed by atoms with Gasteiger partial charge in [0, 0.05) is 26.7 Å². The van der Waals surface area contributed by atoms with E-state index in [4.69, 9.17) is 9.15 Å². The number of aromatic nitrogens is 5. The number of aliphatic hydroxyl groups is 2. The molecule has 0 spiro atoms. The number of nitrogens with one attached hydrogen (secondary N) is 2. The molecule has 4 N–H and O–H groups in total. The van der Waals surface area contributed by atoms with Crippen molar-refractivity contribution in [2.75, 3.05) is 30.4 Å². The first kappa shape index (κ1) is 25.3. The molecule has 4 heterocycles. The quantitative estimate of drug-likeness (QED) is 0.241. The Hall–Kier alpha value is -3.33. The predicted octanol–water partition coefficient (Wildman–Crippen LogP) is 1.55. The van der Waals surface area contributed by atoms with Crippen LogP contribution in [0.3, 0.4) is 0 Å². The average molecular weight is 575 g/mol. The van der Waals surface area contributed by atoms with Crippen LogP contribution in [0.5, 0.6) is 0 Å². The number of rotatable bonds is 8. The molecule has 0 saturated carbocycles. The highest BCUT2D eigenvalue weighted by Gasteiger charge is 2.47. The number of likely N-dealkylation sites (N-methyl/N-ethyl adjacent to an activating group) is 1. The third-order valence-corrected chi connectivity index (χ3v) is 6.95. The Labute approximate surface area is 220 Å². The van der Waals surface area contributed by atoms with E-state index in [1.54, 1.807) is 0 Å². The highest BCUT2D eigenvalue weighted by molar-refractivity contribution is 9.10. The fourth-order valence-electron chi connectivity index (χ4n) is 4.37. The zero-order valence-corrected chi connectivity index (χ0v) is 22.0. The molecule has 1 aromatic carbocycles. The molecule has 1 aliphatic rings. The second-order valence-corrected chi connectivity index (χ2v) is 9.39. The van der Waals surface area contributed by atoms with Crippen molar-refractivity contribution < 1.29 is 24.2 Å². The van der Waals surface area contributed by atoms with E-state index >= 15 is 0 Å². The topological polar surface area (TPSA) is 164 Å². The Morgan fingerprint density at radius 1 is 1.19 bits per heavy atom. The summed E-state index contributed by atoms with van der Waals surface area (Å²) in [6.07, 6.45) is -2.20. The number of hydrogen-bond acceptors (Lipinski definition) is 11. The molecule has 0 aliphatic carbocycles. The van der Waals surface area contributed by atoms with Crippen molar-refractivity contribution in [1.82, 2.24) is 29.8 Å². The third-order valence-electron chi connectivity index (χ3n) is 6.36. The number of aliphatic hydroxyl groups excluding tert-OH is 2. The molecule has 14 heteroatoms. The lowest BCUT2D eigenvalue weighted by molar-refractivity contribution is -0.137. The molecule has 4 atom stereocenters. The molecule has 37 heavy (non-hydrogen) atoms. The molecule has 0 bridgehead atoms. The van der Waals surface area contributed by atoms with Crippen molar-refractivity contribution in [3.8, 4) is 0 Å². The normalized spacial score (nSPS) is 21.6. The van der Waals surface area contributed by atoms with E-state index < -0.39 is 30.4 Å². The zero-order chi connectivity index (χ0) is 26.3. The number of ether oxygens (including phenoxy) is 1. The van der Waals surface area contributed by atoms with E-state index in [0.717, 1.165) is 28.6 Å². The number of carbonyl (C=O) groups is 1. The van der Waals surface area contributed by atoms with Crippen molar-refractivity contribution >= 4 is 55.9 Å². The SMILES string of the molecule is CCN(CC)c1nc2cc(CNc3ncnc4c3ncn4[C@@H]3O[C@H](C(=O)NC)[C@@H](O)[C@H]3O)cc(Br)c2o1. The molecule has 1 saturated heterocycles. The minimum atomic E-state index is -1.39. The van der Waals surface area contributed by atoms with Gasteiger partial charge in [0.2, 0.25) is 0 Å². The number of imidazole rings is 1. The lowest BCUT2D eigenvalue weighted by Crippen LogP contribution is -2.41. The number of halogens is 1. The number of anilines is 2. The van der Waals surface area contributed by atoms with E-state index in [0.29, 0.717) is 35.1 Å². The predicted molar refractivity (Wildman–Crippen MR) is 138 cm³/mol. The monoisotopic (exact) mass is 574 g/mol. The molecule has 4 aromatic rings. The summed E-state index contributed by atoms with van der Waals surface area (Å²) >= 11 is 3.58. The molecule has 13 nitrogen and oxygen atoms in total. The Bertz CT molecular complexity index is 1440. The summed E-state index contributed by atoms with van der Waals surface area (Å²) in [7, 11) is 1.43. The zero-order valence-electron chi connectivity index (χ0n) is 20.4. The van der Waals surface area contributed by atoms with E-state index in [-0.39, 0.29) is 0 Å². The minimum Gasteiger partial charge on any atom is -0.422 e. The van der Waals surface area contributed by atoms with Gasteiger partial charge in [0.15, 0.2) is 34.9 Å². The second kappa shape index (κ2) is 10.2. The molecule has 0 radical (unpaired) electrons. The Morgan fingerprint density at radius 2 is 1.97 bits per heavy atom. The van der Waals surface area contributed by atoms with E-state index in [2.05, 4.69) is 60.3 Å². The maximum atomic E-state index is 12.0. The van der Waals surface area contributed by atoms with Gasteiger partial charge < -0.3 is 34.9 Å². The number of hydrogen-bond donors (Lipinski definition) is 4. The first-order chi connectivity index (χ1) is 17.9. The van der Waals surface area contributed by atoms with Crippen LogP contribution in [0.4, 0.5) is 11.8 Å². The van der Waals surface area contributed by atoms with Crippen molar-refractivity contribution in [3.05, 3.63) is 34.8 Å². The van der Waals surface area contributed by atoms with Crippen molar-refractivity contribution in [1.29, 1.82) is 0 Å². The van der Waals surface area contributed by atoms with E-state index in [1.807, 2.05) is 17.0 Å². The van der Waals surface area contributed by atoms with Crippen LogP contribution in [0.25, 0.3) is 22.3 Å². The maximum absolute atomic E-state index is 12.0. The van der Waals surface area contributed by atoms with Crippen LogP contribution in [-0.2, 0) is 16.1 Å². The van der Waals surface area contributed by atoms with Crippen LogP contribution in [0, 0.1) is 0 Å². The second-order valence-electron chi connectivity index (χ2n) is 8.54. The summed E-state index contributed by atoms with van der Waals surface area (Å²) in [5.41, 5.74) is 3.18. The highest BCUT2D eigenvalue weighted by atomic mass is 79.9. The summed E-state index contributed by atoms with van der Waals surface area (Å²) in [6, 6.07) is 4.48. The molecule has 0 unspecified atom stereocenters. The lowest BCUT2D eigenvalue weighted by Gasteiger charge is -2.16. The van der Waals surface area contributed by atoms with Crippen LogP contribution >= 0.6 is 15.9 Å². The Balaban J connectivity index is 1.38. The summed E-state index contributed by atoms with van der Waals surface area (Å²) in [5, 5.41) is 26.5. The van der Waals surface area contributed by atoms with Crippen LogP contribution in [0.15, 0.2) is 33.7 Å². The van der Waals surface area contributed by atoms with Gasteiger partial charge in [0.25, 0.3) is 11.9 Å². The first-order valence-corrected chi connectivity index (χ1v) is 12.6. The van der Waals surface area contributed by atoms with Gasteiger partial charge in [-0.05, 0) is 47.5 Å². The largest absolute Gasteiger partial charge is 0.422 e. The molecule has 5 rings (SSSR count). The summed E-state index contributed by atoms with van der Waals surface area (Å²) in [6.45, 7) is 6.10. The fraction of sp³-hybridized carbons (Fsp3) is 0.435. The molecule has 196 valence electrons. The van der Waals surface area contributed by atoms with Gasteiger partial charge in [-0.2, -0.15) is 4.98 Å². The lowest BCUT2D eigenvalue weighted by atomic mass is 10.1. The molecule has 1 amide bonds. The van der Waals surface area contributed by atoms with Crippen LogP contribution in [0.2, 0.25) is 0 Å². The molecule has 1 fully saturated rings. The van der Waals surface area contributed by atoms with Crippen molar-refractivity contribution in [2.45, 2.75) is 44.9 Å². The van der Waals surface area contributed by atoms with Crippen molar-refractivity contribution in [2.24, 2.45) is 0 Å². The van der Waals surface area contributed by atoms with Gasteiger partial charge in [0.05, 0.1) is 10.8 Å². The molecular weight excluding hydrogens is 548 g/mol. The van der Waals surface area contributed by atoms with Gasteiger partial charge in [-0.25, -0.2) is 15.0 Å². The smallest absolute Gasteiger partial charge is 0.298 e. The Morgan fingerprint density at radius 3 is 2.70 bits per heavy atom. The van der Waals surface area contributed by atoms with Crippen LogP contribution < -0.4 is 15.5 Å². The van der Waals surface area contributed by atoms with E-state index in [9.17, 15) is 15.0 Å². The average Bonchev–Trinajstić information content (AvgIpc) is 3.60. The van der Waals surface area contributed by atoms with Gasteiger partial charge >= 0.3 is 0 Å². The number of carbonyl (C=O) groups excluding carboxylic acids is 1. The molecule has 3 aromatic heterocycles. The van der Waals surface area contributed by atoms with Gasteiger partial charge in [-0.1, -0.05) is 0 Å². The number of nitrogens with zero attached hydrogens (tertiary/aromatic N) is 6. The van der Waals surface area contributed by atoms with Gasteiger partial charge in [0.1, 0.15) is 24.1 Å². The number of fused-ring (bicyclic) bond motifs is 2. The standard InChI is InChI=1S/C23H27BrN8O5/c1-4-31(5-2)23-30-13-7-11(6-12(24)17(13)37-23)8-26-19-14-20(28-9-27-19)32(10-29-14)22-16(34)15(33)18(36-22)21(35)25-3/h6-7,9-10,15-16,18,22,33-34H,4-5,8H2,1-3H3,(H,25,35)(H,26,27,28)/t15-,16+,18-,22+/m0/s1. The minimum absolute atomic E-state index is 0.378. The first-order valence-electron chi connectivity index (χ1n) is 11.8. The fourth-order valence-corrected chi connectivity index (χ4v) is 4.95. The highest BCUT2D eigenvalue weighted by Crippen LogP contribution is 2.33.